The van der Waals surface area contributed by atoms with Crippen LogP contribution in [0.2, 0.25) is 0 Å². The normalized spacial score (nSPS) is 9.81. The maximum absolute atomic E-state index is 13.4. The standard InChI is InChI=1S/C10H12FN3OS/c11-6-2-1-3-7(9(6)10(13)16)14-5-4-8(12)15/h1-3,14H,4-5H2,(H2,12,15)(H2,13,16). The number of nitrogens with one attached hydrogen (secondary N) is 1. The van der Waals surface area contributed by atoms with Gasteiger partial charge in [-0.05, 0) is 12.1 Å². The number of anilines is 1. The zero-order chi connectivity index (χ0) is 12.1. The van der Waals surface area contributed by atoms with E-state index in [1.165, 1.54) is 12.1 Å². The van der Waals surface area contributed by atoms with E-state index >= 15 is 0 Å². The number of carbonyl (C=O) groups is 1. The molecular weight excluding hydrogens is 229 g/mol. The van der Waals surface area contributed by atoms with E-state index in [1.54, 1.807) is 6.07 Å². The van der Waals surface area contributed by atoms with Crippen molar-refractivity contribution in [3.05, 3.63) is 29.6 Å². The Morgan fingerprint density at radius 1 is 1.44 bits per heavy atom. The third-order valence-electron chi connectivity index (χ3n) is 1.95. The van der Waals surface area contributed by atoms with Crippen LogP contribution in [-0.2, 0) is 4.79 Å². The predicted octanol–water partition coefficient (Wildman–Crippen LogP) is 0.747. The third-order valence-corrected chi connectivity index (χ3v) is 2.15. The summed E-state index contributed by atoms with van der Waals surface area (Å²) in [7, 11) is 0. The summed E-state index contributed by atoms with van der Waals surface area (Å²) >= 11 is 4.75. The molecule has 1 rings (SSSR count). The molecule has 0 saturated carbocycles. The van der Waals surface area contributed by atoms with Gasteiger partial charge in [-0.3, -0.25) is 4.79 Å². The summed E-state index contributed by atoms with van der Waals surface area (Å²) in [6, 6.07) is 4.44. The molecule has 0 fully saturated rings. The number of rotatable bonds is 5. The molecule has 1 aromatic carbocycles. The molecule has 1 aromatic rings. The van der Waals surface area contributed by atoms with E-state index in [4.69, 9.17) is 23.7 Å². The van der Waals surface area contributed by atoms with Crippen LogP contribution in [0.1, 0.15) is 12.0 Å². The smallest absolute Gasteiger partial charge is 0.219 e. The van der Waals surface area contributed by atoms with Gasteiger partial charge in [-0.25, -0.2) is 4.39 Å². The number of halogens is 1. The van der Waals surface area contributed by atoms with Gasteiger partial charge in [0.1, 0.15) is 10.8 Å². The fourth-order valence-electron chi connectivity index (χ4n) is 1.24. The van der Waals surface area contributed by atoms with Crippen LogP contribution in [0.5, 0.6) is 0 Å². The molecule has 1 amide bonds. The number of amides is 1. The lowest BCUT2D eigenvalue weighted by Gasteiger charge is -2.10. The van der Waals surface area contributed by atoms with Crippen molar-refractivity contribution in [1.82, 2.24) is 0 Å². The molecule has 0 aliphatic rings. The number of carbonyl (C=O) groups excluding carboxylic acids is 1. The largest absolute Gasteiger partial charge is 0.389 e. The van der Waals surface area contributed by atoms with Gasteiger partial charge in [0.25, 0.3) is 0 Å². The molecule has 0 saturated heterocycles. The molecule has 0 spiro atoms. The van der Waals surface area contributed by atoms with Crippen LogP contribution in [0.4, 0.5) is 10.1 Å². The molecule has 6 heteroatoms. The molecule has 0 bridgehead atoms. The number of nitrogens with two attached hydrogens (primary N) is 2. The first-order valence-corrected chi connectivity index (χ1v) is 5.03. The van der Waals surface area contributed by atoms with Crippen LogP contribution in [0.25, 0.3) is 0 Å². The van der Waals surface area contributed by atoms with Gasteiger partial charge in [0.15, 0.2) is 0 Å². The first kappa shape index (κ1) is 12.4. The van der Waals surface area contributed by atoms with E-state index < -0.39 is 11.7 Å². The van der Waals surface area contributed by atoms with Crippen molar-refractivity contribution in [2.75, 3.05) is 11.9 Å². The van der Waals surface area contributed by atoms with Gasteiger partial charge in [0.05, 0.1) is 5.56 Å². The molecule has 5 N–H and O–H groups in total. The molecule has 0 radical (unpaired) electrons. The zero-order valence-corrected chi connectivity index (χ0v) is 9.31. The Kier molecular flexibility index (Phi) is 4.19. The molecule has 0 aliphatic carbocycles. The topological polar surface area (TPSA) is 81.1 Å². The Bertz CT molecular complexity index is 423. The molecule has 0 heterocycles. The van der Waals surface area contributed by atoms with E-state index in [-0.39, 0.29) is 17.0 Å². The minimum Gasteiger partial charge on any atom is -0.389 e. The number of primary amides is 1. The summed E-state index contributed by atoms with van der Waals surface area (Å²) in [5.74, 6) is -0.919. The molecule has 86 valence electrons. The Hall–Kier alpha value is -1.69. The molecule has 16 heavy (non-hydrogen) atoms. The fraction of sp³-hybridized carbons (Fsp3) is 0.200. The van der Waals surface area contributed by atoms with Crippen LogP contribution in [0.15, 0.2) is 18.2 Å². The first-order valence-electron chi connectivity index (χ1n) is 4.63. The highest BCUT2D eigenvalue weighted by molar-refractivity contribution is 7.80. The SMILES string of the molecule is NC(=O)CCNc1cccc(F)c1C(N)=S. The van der Waals surface area contributed by atoms with E-state index in [0.29, 0.717) is 12.2 Å². The number of hydrogen-bond acceptors (Lipinski definition) is 3. The van der Waals surface area contributed by atoms with Gasteiger partial charge >= 0.3 is 0 Å². The number of thiocarbonyl (C=S) groups is 1. The van der Waals surface area contributed by atoms with Gasteiger partial charge in [-0.15, -0.1) is 0 Å². The van der Waals surface area contributed by atoms with Crippen molar-refractivity contribution < 1.29 is 9.18 Å². The average molecular weight is 241 g/mol. The average Bonchev–Trinajstić information content (AvgIpc) is 2.16. The molecule has 4 nitrogen and oxygen atoms in total. The van der Waals surface area contributed by atoms with E-state index in [0.717, 1.165) is 0 Å². The highest BCUT2D eigenvalue weighted by Crippen LogP contribution is 2.18. The predicted molar refractivity (Wildman–Crippen MR) is 64.6 cm³/mol. The summed E-state index contributed by atoms with van der Waals surface area (Å²) in [4.78, 5) is 10.5. The van der Waals surface area contributed by atoms with Crippen molar-refractivity contribution in [1.29, 1.82) is 0 Å². The first-order chi connectivity index (χ1) is 7.52. The maximum atomic E-state index is 13.4. The minimum atomic E-state index is -0.489. The van der Waals surface area contributed by atoms with Crippen molar-refractivity contribution in [3.8, 4) is 0 Å². The highest BCUT2D eigenvalue weighted by Gasteiger charge is 2.10. The monoisotopic (exact) mass is 241 g/mol. The second kappa shape index (κ2) is 5.41. The Balaban J connectivity index is 2.83. The zero-order valence-electron chi connectivity index (χ0n) is 8.50. The van der Waals surface area contributed by atoms with Crippen LogP contribution in [-0.4, -0.2) is 17.4 Å². The van der Waals surface area contributed by atoms with Gasteiger partial charge < -0.3 is 16.8 Å². The lowest BCUT2D eigenvalue weighted by Crippen LogP contribution is -2.19. The molecule has 0 atom stereocenters. The van der Waals surface area contributed by atoms with Crippen LogP contribution >= 0.6 is 12.2 Å². The summed E-state index contributed by atoms with van der Waals surface area (Å²) in [6.45, 7) is 0.314. The van der Waals surface area contributed by atoms with Gasteiger partial charge in [0, 0.05) is 18.7 Å². The third kappa shape index (κ3) is 3.16. The van der Waals surface area contributed by atoms with Gasteiger partial charge in [0.2, 0.25) is 5.91 Å². The Labute approximate surface area is 97.8 Å². The van der Waals surface area contributed by atoms with Crippen molar-refractivity contribution >= 4 is 28.8 Å². The summed E-state index contributed by atoms with van der Waals surface area (Å²) in [5, 5.41) is 2.86. The van der Waals surface area contributed by atoms with Gasteiger partial charge in [-0.2, -0.15) is 0 Å². The number of benzene rings is 1. The summed E-state index contributed by atoms with van der Waals surface area (Å²) in [5.41, 5.74) is 11.0. The molecule has 0 unspecified atom stereocenters. The lowest BCUT2D eigenvalue weighted by molar-refractivity contribution is -0.117. The number of hydrogen-bond donors (Lipinski definition) is 3. The molecule has 0 aromatic heterocycles. The van der Waals surface area contributed by atoms with Crippen LogP contribution < -0.4 is 16.8 Å². The molecular formula is C10H12FN3OS. The van der Waals surface area contributed by atoms with Crippen LogP contribution in [0, 0.1) is 5.82 Å². The van der Waals surface area contributed by atoms with Crippen molar-refractivity contribution in [2.24, 2.45) is 11.5 Å². The van der Waals surface area contributed by atoms with Crippen molar-refractivity contribution in [2.45, 2.75) is 6.42 Å². The van der Waals surface area contributed by atoms with Crippen LogP contribution in [0.3, 0.4) is 0 Å². The Morgan fingerprint density at radius 2 is 2.12 bits per heavy atom. The lowest BCUT2D eigenvalue weighted by atomic mass is 10.1. The second-order valence-electron chi connectivity index (χ2n) is 3.17. The van der Waals surface area contributed by atoms with E-state index in [9.17, 15) is 9.18 Å². The minimum absolute atomic E-state index is 0.0281. The van der Waals surface area contributed by atoms with E-state index in [2.05, 4.69) is 5.32 Å². The summed E-state index contributed by atoms with van der Waals surface area (Å²) in [6.07, 6.45) is 0.160. The quantitative estimate of drug-likeness (QED) is 0.664. The van der Waals surface area contributed by atoms with Gasteiger partial charge in [-0.1, -0.05) is 18.3 Å². The molecule has 0 aliphatic heterocycles. The van der Waals surface area contributed by atoms with E-state index in [1.807, 2.05) is 0 Å². The second-order valence-corrected chi connectivity index (χ2v) is 3.61. The Morgan fingerprint density at radius 3 is 2.69 bits per heavy atom. The fourth-order valence-corrected chi connectivity index (χ4v) is 1.45. The highest BCUT2D eigenvalue weighted by atomic mass is 32.1. The summed E-state index contributed by atoms with van der Waals surface area (Å²) < 4.78 is 13.4. The van der Waals surface area contributed by atoms with Crippen molar-refractivity contribution in [3.63, 3.8) is 0 Å². The maximum Gasteiger partial charge on any atom is 0.219 e.